The molecule has 0 saturated heterocycles. The second kappa shape index (κ2) is 21.9. The fourth-order valence-corrected chi connectivity index (χ4v) is 4.21. The molecule has 0 radical (unpaired) electrons. The van der Waals surface area contributed by atoms with Crippen molar-refractivity contribution in [1.82, 2.24) is 0 Å². The van der Waals surface area contributed by atoms with Gasteiger partial charge in [0.1, 0.15) is 0 Å². The van der Waals surface area contributed by atoms with Crippen LogP contribution in [-0.2, 0) is 19.1 Å². The fourth-order valence-electron chi connectivity index (χ4n) is 4.21. The van der Waals surface area contributed by atoms with Crippen LogP contribution in [0.3, 0.4) is 0 Å². The van der Waals surface area contributed by atoms with Crippen molar-refractivity contribution in [1.29, 1.82) is 0 Å². The van der Waals surface area contributed by atoms with Crippen LogP contribution in [-0.4, -0.2) is 25.2 Å². The summed E-state index contributed by atoms with van der Waals surface area (Å²) in [6, 6.07) is 0. The van der Waals surface area contributed by atoms with Gasteiger partial charge in [-0.1, -0.05) is 125 Å². The molecular formula is C31H58O4. The highest BCUT2D eigenvalue weighted by Crippen LogP contribution is 2.29. The first-order valence-corrected chi connectivity index (χ1v) is 14.8. The van der Waals surface area contributed by atoms with Crippen molar-refractivity contribution in [3.05, 3.63) is 11.1 Å². The Morgan fingerprint density at radius 1 is 0.514 bits per heavy atom. The van der Waals surface area contributed by atoms with Gasteiger partial charge in [-0.05, 0) is 37.5 Å². The van der Waals surface area contributed by atoms with Crippen LogP contribution in [0.2, 0.25) is 0 Å². The van der Waals surface area contributed by atoms with Gasteiger partial charge in [-0.25, -0.2) is 9.59 Å². The normalized spacial score (nSPS) is 12.4. The van der Waals surface area contributed by atoms with Gasteiger partial charge < -0.3 is 9.47 Å². The molecule has 0 bridgehead atoms. The lowest BCUT2D eigenvalue weighted by Crippen LogP contribution is -2.21. The van der Waals surface area contributed by atoms with Gasteiger partial charge in [-0.2, -0.15) is 0 Å². The Balaban J connectivity index is 5.22. The molecule has 0 N–H and O–H groups in total. The lowest BCUT2D eigenvalue weighted by Gasteiger charge is -2.22. The summed E-state index contributed by atoms with van der Waals surface area (Å²) in [4.78, 5) is 26.3. The maximum atomic E-state index is 13.2. The van der Waals surface area contributed by atoms with Gasteiger partial charge >= 0.3 is 11.9 Å². The predicted molar refractivity (Wildman–Crippen MR) is 149 cm³/mol. The lowest BCUT2D eigenvalue weighted by molar-refractivity contribution is -0.143. The van der Waals surface area contributed by atoms with Crippen molar-refractivity contribution in [2.24, 2.45) is 5.41 Å². The first-order chi connectivity index (χ1) is 16.8. The number of unbranched alkanes of at least 4 members (excludes halogenated alkanes) is 13. The summed E-state index contributed by atoms with van der Waals surface area (Å²) < 4.78 is 11.4. The number of hydrogen-bond donors (Lipinski definition) is 0. The molecule has 0 saturated carbocycles. The number of hydrogen-bond acceptors (Lipinski definition) is 4. The van der Waals surface area contributed by atoms with Gasteiger partial charge in [0.05, 0.1) is 13.2 Å². The molecule has 0 fully saturated rings. The van der Waals surface area contributed by atoms with Crippen LogP contribution in [0.25, 0.3) is 0 Å². The SMILES string of the molecule is CCCCCCCCOC(=O)C(CCCCCC)=C(CC(C)(C)C)C(=O)OCCCCCCCC. The van der Waals surface area contributed by atoms with E-state index in [0.29, 0.717) is 37.2 Å². The summed E-state index contributed by atoms with van der Waals surface area (Å²) in [5, 5.41) is 0. The Labute approximate surface area is 218 Å². The number of esters is 2. The topological polar surface area (TPSA) is 52.6 Å². The third-order valence-electron chi connectivity index (χ3n) is 6.31. The van der Waals surface area contributed by atoms with E-state index in [1.165, 1.54) is 51.4 Å². The second-order valence-electron chi connectivity index (χ2n) is 11.3. The van der Waals surface area contributed by atoms with E-state index in [2.05, 4.69) is 41.5 Å². The number of ether oxygens (including phenoxy) is 2. The van der Waals surface area contributed by atoms with E-state index >= 15 is 0 Å². The maximum Gasteiger partial charge on any atom is 0.334 e. The molecule has 0 aromatic rings. The molecule has 0 amide bonds. The van der Waals surface area contributed by atoms with Gasteiger partial charge in [0.25, 0.3) is 0 Å². The van der Waals surface area contributed by atoms with E-state index < -0.39 is 0 Å². The lowest BCUT2D eigenvalue weighted by atomic mass is 9.85. The van der Waals surface area contributed by atoms with Crippen molar-refractivity contribution < 1.29 is 19.1 Å². The number of carbonyl (C=O) groups excluding carboxylic acids is 2. The Hall–Kier alpha value is -1.32. The first kappa shape index (κ1) is 33.7. The third-order valence-corrected chi connectivity index (χ3v) is 6.31. The molecule has 4 nitrogen and oxygen atoms in total. The molecule has 0 rings (SSSR count). The maximum absolute atomic E-state index is 13.2. The van der Waals surface area contributed by atoms with E-state index in [-0.39, 0.29) is 17.4 Å². The third kappa shape index (κ3) is 19.5. The quantitative estimate of drug-likeness (QED) is 0.0854. The molecular weight excluding hydrogens is 436 g/mol. The van der Waals surface area contributed by atoms with Gasteiger partial charge in [0.15, 0.2) is 0 Å². The van der Waals surface area contributed by atoms with E-state index in [1.54, 1.807) is 0 Å². The molecule has 0 atom stereocenters. The fraction of sp³-hybridized carbons (Fsp3) is 0.871. The van der Waals surface area contributed by atoms with Crippen LogP contribution >= 0.6 is 0 Å². The highest BCUT2D eigenvalue weighted by atomic mass is 16.5. The summed E-state index contributed by atoms with van der Waals surface area (Å²) >= 11 is 0. The van der Waals surface area contributed by atoms with Gasteiger partial charge in [-0.15, -0.1) is 0 Å². The predicted octanol–water partition coefficient (Wildman–Crippen LogP) is 9.50. The van der Waals surface area contributed by atoms with Crippen LogP contribution in [0.1, 0.15) is 157 Å². The Morgan fingerprint density at radius 2 is 0.886 bits per heavy atom. The van der Waals surface area contributed by atoms with Crippen molar-refractivity contribution in [3.63, 3.8) is 0 Å². The summed E-state index contributed by atoms with van der Waals surface area (Å²) in [6.45, 7) is 13.8. The molecule has 0 aromatic heterocycles. The van der Waals surface area contributed by atoms with Crippen LogP contribution in [0.15, 0.2) is 11.1 Å². The zero-order valence-corrected chi connectivity index (χ0v) is 24.3. The van der Waals surface area contributed by atoms with Crippen molar-refractivity contribution in [3.8, 4) is 0 Å². The Morgan fingerprint density at radius 3 is 1.31 bits per heavy atom. The van der Waals surface area contributed by atoms with E-state index in [0.717, 1.165) is 51.4 Å². The summed E-state index contributed by atoms with van der Waals surface area (Å²) in [5.74, 6) is -0.638. The molecule has 0 heterocycles. The monoisotopic (exact) mass is 494 g/mol. The molecule has 0 unspecified atom stereocenters. The highest BCUT2D eigenvalue weighted by Gasteiger charge is 2.27. The zero-order valence-electron chi connectivity index (χ0n) is 24.3. The van der Waals surface area contributed by atoms with Gasteiger partial charge in [0.2, 0.25) is 0 Å². The first-order valence-electron chi connectivity index (χ1n) is 14.8. The molecule has 35 heavy (non-hydrogen) atoms. The standard InChI is InChI=1S/C31H58O4/c1-7-10-13-16-18-21-24-34-29(32)27(23-20-15-12-9-3)28(26-31(4,5)6)30(33)35-25-22-19-17-14-11-8-2/h7-26H2,1-6H3. The summed E-state index contributed by atoms with van der Waals surface area (Å²) in [7, 11) is 0. The van der Waals surface area contributed by atoms with Crippen molar-refractivity contribution in [2.45, 2.75) is 157 Å². The zero-order chi connectivity index (χ0) is 26.4. The second-order valence-corrected chi connectivity index (χ2v) is 11.3. The highest BCUT2D eigenvalue weighted by molar-refractivity contribution is 6.00. The Bertz CT molecular complexity index is 571. The van der Waals surface area contributed by atoms with Crippen LogP contribution in [0.4, 0.5) is 0 Å². The smallest absolute Gasteiger partial charge is 0.334 e. The molecule has 0 spiro atoms. The van der Waals surface area contributed by atoms with E-state index in [4.69, 9.17) is 9.47 Å². The average molecular weight is 495 g/mol. The van der Waals surface area contributed by atoms with E-state index in [9.17, 15) is 9.59 Å². The number of rotatable bonds is 22. The minimum absolute atomic E-state index is 0.122. The molecule has 4 heteroatoms. The molecule has 0 aliphatic heterocycles. The van der Waals surface area contributed by atoms with Crippen molar-refractivity contribution in [2.75, 3.05) is 13.2 Å². The van der Waals surface area contributed by atoms with Gasteiger partial charge in [-0.3, -0.25) is 0 Å². The van der Waals surface area contributed by atoms with Crippen LogP contribution < -0.4 is 0 Å². The average Bonchev–Trinajstić information content (AvgIpc) is 2.81. The molecule has 0 aliphatic rings. The molecule has 0 aliphatic carbocycles. The molecule has 0 aromatic carbocycles. The minimum Gasteiger partial charge on any atom is -0.462 e. The molecule has 206 valence electrons. The Kier molecular flexibility index (Phi) is 21.1. The van der Waals surface area contributed by atoms with Crippen LogP contribution in [0, 0.1) is 5.41 Å². The summed E-state index contributed by atoms with van der Waals surface area (Å²) in [6.07, 6.45) is 19.1. The van der Waals surface area contributed by atoms with E-state index in [1.807, 2.05) is 0 Å². The minimum atomic E-state index is -0.324. The van der Waals surface area contributed by atoms with Gasteiger partial charge in [0, 0.05) is 11.1 Å². The number of carbonyl (C=O) groups is 2. The summed E-state index contributed by atoms with van der Waals surface area (Å²) in [5.41, 5.74) is 0.964. The largest absolute Gasteiger partial charge is 0.462 e. The van der Waals surface area contributed by atoms with Crippen LogP contribution in [0.5, 0.6) is 0 Å². The van der Waals surface area contributed by atoms with Crippen molar-refractivity contribution >= 4 is 11.9 Å².